The Balaban J connectivity index is 2.05. The van der Waals surface area contributed by atoms with Gasteiger partial charge in [0, 0.05) is 12.5 Å². The minimum atomic E-state index is 0.0197. The highest BCUT2D eigenvalue weighted by molar-refractivity contribution is 6.30. The van der Waals surface area contributed by atoms with Gasteiger partial charge in [0.05, 0.1) is 10.8 Å². The van der Waals surface area contributed by atoms with Gasteiger partial charge in [-0.3, -0.25) is 4.79 Å². The van der Waals surface area contributed by atoms with E-state index in [-0.39, 0.29) is 22.7 Å². The Labute approximate surface area is 81.6 Å². The van der Waals surface area contributed by atoms with Crippen LogP contribution in [0.3, 0.4) is 0 Å². The number of halogens is 2. The number of hydrogen-bond donors (Lipinski definition) is 1. The fraction of sp³-hybridized carbons (Fsp3) is 0.875. The molecule has 0 aromatic heterocycles. The predicted molar refractivity (Wildman–Crippen MR) is 48.6 cm³/mol. The molecule has 0 aromatic carbocycles. The van der Waals surface area contributed by atoms with E-state index >= 15 is 0 Å². The lowest BCUT2D eigenvalue weighted by atomic mass is 9.85. The summed E-state index contributed by atoms with van der Waals surface area (Å²) in [5, 5.41) is 2.99. The van der Waals surface area contributed by atoms with E-state index in [2.05, 4.69) is 5.32 Å². The summed E-state index contributed by atoms with van der Waals surface area (Å²) < 4.78 is 0. The summed E-state index contributed by atoms with van der Waals surface area (Å²) in [5.74, 6) is 0.578. The van der Waals surface area contributed by atoms with Crippen molar-refractivity contribution in [3.8, 4) is 0 Å². The maximum absolute atomic E-state index is 11.0. The van der Waals surface area contributed by atoms with Gasteiger partial charge in [-0.25, -0.2) is 0 Å². The van der Waals surface area contributed by atoms with Crippen LogP contribution in [0.2, 0.25) is 0 Å². The molecule has 2 aliphatic rings. The standard InChI is InChI=1S/C8H11Cl2NO/c9-5-1-4-2-8(12)11-7(4)3-6(5)10/h4-7H,1-3H2,(H,11,12). The summed E-state index contributed by atoms with van der Waals surface area (Å²) in [6.45, 7) is 0. The minimum absolute atomic E-state index is 0.0197. The van der Waals surface area contributed by atoms with Gasteiger partial charge in [-0.1, -0.05) is 0 Å². The second kappa shape index (κ2) is 3.08. The monoisotopic (exact) mass is 207 g/mol. The molecule has 0 spiro atoms. The average Bonchev–Trinajstić information content (AvgIpc) is 2.30. The van der Waals surface area contributed by atoms with Crippen LogP contribution in [-0.2, 0) is 4.79 Å². The molecule has 2 fully saturated rings. The van der Waals surface area contributed by atoms with Crippen molar-refractivity contribution in [2.24, 2.45) is 5.92 Å². The molecular weight excluding hydrogens is 197 g/mol. The van der Waals surface area contributed by atoms with Crippen molar-refractivity contribution in [2.75, 3.05) is 0 Å². The van der Waals surface area contributed by atoms with Crippen molar-refractivity contribution in [3.63, 3.8) is 0 Å². The molecule has 4 atom stereocenters. The van der Waals surface area contributed by atoms with E-state index in [1.54, 1.807) is 0 Å². The van der Waals surface area contributed by atoms with Gasteiger partial charge < -0.3 is 5.32 Å². The van der Waals surface area contributed by atoms with Crippen LogP contribution < -0.4 is 5.32 Å². The van der Waals surface area contributed by atoms with E-state index in [1.165, 1.54) is 0 Å². The first-order valence-corrected chi connectivity index (χ1v) is 5.11. The van der Waals surface area contributed by atoms with Crippen LogP contribution in [0.5, 0.6) is 0 Å². The van der Waals surface area contributed by atoms with Crippen LogP contribution in [0.25, 0.3) is 0 Å². The molecule has 1 aliphatic heterocycles. The maximum atomic E-state index is 11.0. The smallest absolute Gasteiger partial charge is 0.220 e. The van der Waals surface area contributed by atoms with Crippen LogP contribution in [0.1, 0.15) is 19.3 Å². The van der Waals surface area contributed by atoms with Crippen molar-refractivity contribution in [1.29, 1.82) is 0 Å². The van der Waals surface area contributed by atoms with E-state index in [0.29, 0.717) is 12.3 Å². The number of nitrogens with one attached hydrogen (secondary N) is 1. The number of alkyl halides is 2. The highest BCUT2D eigenvalue weighted by Gasteiger charge is 2.40. The minimum Gasteiger partial charge on any atom is -0.353 e. The van der Waals surface area contributed by atoms with Gasteiger partial charge in [0.25, 0.3) is 0 Å². The van der Waals surface area contributed by atoms with Crippen LogP contribution in [0.4, 0.5) is 0 Å². The third-order valence-electron chi connectivity index (χ3n) is 2.76. The second-order valence-electron chi connectivity index (χ2n) is 3.64. The molecule has 4 unspecified atom stereocenters. The van der Waals surface area contributed by atoms with Gasteiger partial charge in [-0.2, -0.15) is 0 Å². The Hall–Kier alpha value is 0.0500. The Bertz CT molecular complexity index is 189. The zero-order valence-electron chi connectivity index (χ0n) is 6.59. The molecule has 4 heteroatoms. The first-order valence-electron chi connectivity index (χ1n) is 4.24. The number of carbonyl (C=O) groups excluding carboxylic acids is 1. The summed E-state index contributed by atoms with van der Waals surface area (Å²) in [5.41, 5.74) is 0. The van der Waals surface area contributed by atoms with E-state index in [9.17, 15) is 4.79 Å². The van der Waals surface area contributed by atoms with Crippen LogP contribution in [-0.4, -0.2) is 22.7 Å². The molecule has 1 aliphatic carbocycles. The van der Waals surface area contributed by atoms with E-state index in [1.807, 2.05) is 0 Å². The molecule has 68 valence electrons. The van der Waals surface area contributed by atoms with E-state index < -0.39 is 0 Å². The average molecular weight is 208 g/mol. The largest absolute Gasteiger partial charge is 0.353 e. The molecule has 1 N–H and O–H groups in total. The first kappa shape index (κ1) is 8.64. The normalized spacial score (nSPS) is 47.0. The second-order valence-corrected chi connectivity index (χ2v) is 4.76. The van der Waals surface area contributed by atoms with Gasteiger partial charge in [0.15, 0.2) is 0 Å². The Morgan fingerprint density at radius 2 is 1.92 bits per heavy atom. The van der Waals surface area contributed by atoms with Gasteiger partial charge >= 0.3 is 0 Å². The van der Waals surface area contributed by atoms with Crippen molar-refractivity contribution in [3.05, 3.63) is 0 Å². The van der Waals surface area contributed by atoms with E-state index in [0.717, 1.165) is 12.8 Å². The number of amides is 1. The number of carbonyl (C=O) groups is 1. The lowest BCUT2D eigenvalue weighted by Crippen LogP contribution is -2.39. The molecular formula is C8H11Cl2NO. The summed E-state index contributed by atoms with van der Waals surface area (Å²) in [7, 11) is 0. The van der Waals surface area contributed by atoms with Crippen LogP contribution >= 0.6 is 23.2 Å². The van der Waals surface area contributed by atoms with Gasteiger partial charge in [-0.05, 0) is 18.8 Å². The molecule has 12 heavy (non-hydrogen) atoms. The zero-order valence-corrected chi connectivity index (χ0v) is 8.11. The molecule has 1 amide bonds. The SMILES string of the molecule is O=C1CC2CC(Cl)C(Cl)CC2N1. The molecule has 1 saturated heterocycles. The fourth-order valence-electron chi connectivity index (χ4n) is 2.09. The zero-order chi connectivity index (χ0) is 8.72. The van der Waals surface area contributed by atoms with Crippen molar-refractivity contribution in [2.45, 2.75) is 36.1 Å². The molecule has 0 bridgehead atoms. The van der Waals surface area contributed by atoms with Crippen molar-refractivity contribution < 1.29 is 4.79 Å². The third kappa shape index (κ3) is 1.42. The van der Waals surface area contributed by atoms with Crippen molar-refractivity contribution >= 4 is 29.1 Å². The Kier molecular flexibility index (Phi) is 2.21. The number of hydrogen-bond acceptors (Lipinski definition) is 1. The molecule has 1 saturated carbocycles. The van der Waals surface area contributed by atoms with E-state index in [4.69, 9.17) is 23.2 Å². The number of fused-ring (bicyclic) bond motifs is 1. The topological polar surface area (TPSA) is 29.1 Å². The molecule has 1 heterocycles. The first-order chi connectivity index (χ1) is 5.66. The molecule has 2 rings (SSSR count). The summed E-state index contributed by atoms with van der Waals surface area (Å²) in [6.07, 6.45) is 2.34. The van der Waals surface area contributed by atoms with Crippen molar-refractivity contribution in [1.82, 2.24) is 5.32 Å². The van der Waals surface area contributed by atoms with Gasteiger partial charge in [-0.15, -0.1) is 23.2 Å². The fourth-order valence-corrected chi connectivity index (χ4v) is 2.72. The molecule has 0 radical (unpaired) electrons. The van der Waals surface area contributed by atoms with Crippen LogP contribution in [0, 0.1) is 5.92 Å². The lowest BCUT2D eigenvalue weighted by molar-refractivity contribution is -0.119. The van der Waals surface area contributed by atoms with Crippen LogP contribution in [0.15, 0.2) is 0 Å². The molecule has 0 aromatic rings. The lowest BCUT2D eigenvalue weighted by Gasteiger charge is -2.31. The summed E-state index contributed by atoms with van der Waals surface area (Å²) in [4.78, 5) is 11.0. The summed E-state index contributed by atoms with van der Waals surface area (Å²) in [6, 6.07) is 0.287. The quantitative estimate of drug-likeness (QED) is 0.600. The predicted octanol–water partition coefficient (Wildman–Crippen LogP) is 1.50. The molecule has 2 nitrogen and oxygen atoms in total. The highest BCUT2D eigenvalue weighted by atomic mass is 35.5. The highest BCUT2D eigenvalue weighted by Crippen LogP contribution is 2.36. The van der Waals surface area contributed by atoms with Gasteiger partial charge in [0.2, 0.25) is 5.91 Å². The maximum Gasteiger partial charge on any atom is 0.220 e. The Morgan fingerprint density at radius 1 is 1.25 bits per heavy atom. The third-order valence-corrected chi connectivity index (χ3v) is 3.86. The van der Waals surface area contributed by atoms with Gasteiger partial charge in [0.1, 0.15) is 0 Å². The Morgan fingerprint density at radius 3 is 2.67 bits per heavy atom. The number of rotatable bonds is 0. The summed E-state index contributed by atoms with van der Waals surface area (Å²) >= 11 is 12.0.